The van der Waals surface area contributed by atoms with Crippen LogP contribution in [0, 0.1) is 0 Å². The van der Waals surface area contributed by atoms with E-state index in [0.29, 0.717) is 0 Å². The summed E-state index contributed by atoms with van der Waals surface area (Å²) < 4.78 is 11.4. The van der Waals surface area contributed by atoms with Gasteiger partial charge in [-0.1, -0.05) is 156 Å². The van der Waals surface area contributed by atoms with Crippen molar-refractivity contribution in [2.45, 2.75) is 105 Å². The van der Waals surface area contributed by atoms with Gasteiger partial charge in [0.05, 0.1) is 39.1 Å². The van der Waals surface area contributed by atoms with E-state index in [4.69, 9.17) is 9.72 Å². The maximum absolute atomic E-state index is 6.85. The minimum Gasteiger partial charge on any atom is -0.457 e. The summed E-state index contributed by atoms with van der Waals surface area (Å²) in [5.74, 6) is 2.39. The Balaban J connectivity index is 1.05. The van der Waals surface area contributed by atoms with Crippen LogP contribution in [0.1, 0.15) is 105 Å². The molecule has 0 saturated carbocycles. The summed E-state index contributed by atoms with van der Waals surface area (Å²) in [5.41, 5.74) is 18.1. The lowest BCUT2D eigenvalue weighted by Gasteiger charge is -2.29. The second-order valence-electron chi connectivity index (χ2n) is 23.3. The summed E-state index contributed by atoms with van der Waals surface area (Å²) in [7, 11) is 2.14. The lowest BCUT2D eigenvalue weighted by Crippen LogP contribution is -2.17. The van der Waals surface area contributed by atoms with E-state index >= 15 is 0 Å². The number of hydrogen-bond donors (Lipinski definition) is 2. The highest BCUT2D eigenvalue weighted by Gasteiger charge is 2.27. The quantitative estimate of drug-likeness (QED) is 0.151. The van der Waals surface area contributed by atoms with Crippen LogP contribution in [0.15, 0.2) is 158 Å². The standard InChI is InChI=1S/C64H67N5O/c1-61(2,3)42-29-30-65-57(36-42)69-54-28-20-27-53-58(54)59-55(68(53)13)38-48(39-56(59)69)70-47-24-19-23-46(37-47)66-51-25-17-18-26-52(51)67-60-49(40-21-15-14-16-22-40)34-45(64(10,11)12)35-50(60)41-31-43(62(4,5)6)33-44(32-41)63(7,8)9/h14-39,66-67H,1-13H3. The summed E-state index contributed by atoms with van der Waals surface area (Å²) in [6.07, 6.45) is 1.93. The van der Waals surface area contributed by atoms with Crippen LogP contribution in [0.25, 0.3) is 60.9 Å². The molecule has 70 heavy (non-hydrogen) atoms. The summed E-state index contributed by atoms with van der Waals surface area (Å²) >= 11 is 0. The molecule has 2 N–H and O–H groups in total. The molecule has 7 aromatic carbocycles. The van der Waals surface area contributed by atoms with Crippen molar-refractivity contribution < 1.29 is 4.74 Å². The number of benzene rings is 7. The molecule has 0 amide bonds. The first-order chi connectivity index (χ1) is 33.1. The van der Waals surface area contributed by atoms with Crippen LogP contribution in [-0.2, 0) is 28.7 Å². The van der Waals surface area contributed by atoms with Crippen LogP contribution in [0.3, 0.4) is 0 Å². The molecule has 0 aliphatic heterocycles. The van der Waals surface area contributed by atoms with Gasteiger partial charge in [-0.2, -0.15) is 0 Å². The Morgan fingerprint density at radius 1 is 0.429 bits per heavy atom. The lowest BCUT2D eigenvalue weighted by molar-refractivity contribution is 0.484. The second-order valence-corrected chi connectivity index (χ2v) is 23.3. The van der Waals surface area contributed by atoms with E-state index in [0.717, 1.165) is 67.7 Å². The second kappa shape index (κ2) is 17.0. The molecule has 10 rings (SSSR count). The molecule has 354 valence electrons. The topological polar surface area (TPSA) is 56.0 Å². The van der Waals surface area contributed by atoms with Crippen LogP contribution >= 0.6 is 0 Å². The third-order valence-corrected chi connectivity index (χ3v) is 14.0. The van der Waals surface area contributed by atoms with Crippen molar-refractivity contribution in [3.8, 4) is 39.6 Å². The van der Waals surface area contributed by atoms with Crippen molar-refractivity contribution in [3.05, 3.63) is 180 Å². The Labute approximate surface area is 414 Å². The van der Waals surface area contributed by atoms with Gasteiger partial charge in [-0.3, -0.25) is 4.57 Å². The Morgan fingerprint density at radius 3 is 1.64 bits per heavy atom. The van der Waals surface area contributed by atoms with Crippen LogP contribution in [0.5, 0.6) is 11.5 Å². The normalized spacial score (nSPS) is 12.6. The van der Waals surface area contributed by atoms with Gasteiger partial charge in [-0.15, -0.1) is 0 Å². The number of aromatic nitrogens is 3. The van der Waals surface area contributed by atoms with Gasteiger partial charge in [0.15, 0.2) is 0 Å². The third-order valence-electron chi connectivity index (χ3n) is 14.0. The first-order valence-electron chi connectivity index (χ1n) is 24.7. The fourth-order valence-corrected chi connectivity index (χ4v) is 9.80. The molecule has 0 atom stereocenters. The Bertz CT molecular complexity index is 3530. The molecule has 0 saturated heterocycles. The molecular formula is C64H67N5O. The minimum absolute atomic E-state index is 0.0190. The number of pyridine rings is 1. The number of aryl methyl sites for hydroxylation is 1. The van der Waals surface area contributed by atoms with Crippen molar-refractivity contribution in [2.75, 3.05) is 10.6 Å². The highest BCUT2D eigenvalue weighted by molar-refractivity contribution is 6.25. The molecule has 0 radical (unpaired) electrons. The monoisotopic (exact) mass is 922 g/mol. The van der Waals surface area contributed by atoms with Crippen molar-refractivity contribution in [2.24, 2.45) is 7.05 Å². The zero-order valence-electron chi connectivity index (χ0n) is 43.3. The van der Waals surface area contributed by atoms with Crippen molar-refractivity contribution in [1.29, 1.82) is 0 Å². The maximum Gasteiger partial charge on any atom is 0.137 e. The highest BCUT2D eigenvalue weighted by atomic mass is 16.5. The first kappa shape index (κ1) is 46.4. The molecule has 3 heterocycles. The molecule has 0 bridgehead atoms. The smallest absolute Gasteiger partial charge is 0.137 e. The van der Waals surface area contributed by atoms with E-state index in [-0.39, 0.29) is 21.7 Å². The summed E-state index contributed by atoms with van der Waals surface area (Å²) in [4.78, 5) is 4.94. The fourth-order valence-electron chi connectivity index (χ4n) is 9.80. The van der Waals surface area contributed by atoms with E-state index in [1.54, 1.807) is 0 Å². The molecule has 0 spiro atoms. The average molecular weight is 922 g/mol. The summed E-state index contributed by atoms with van der Waals surface area (Å²) in [6.45, 7) is 27.5. The number of anilines is 4. The van der Waals surface area contributed by atoms with E-state index in [1.807, 2.05) is 18.3 Å². The van der Waals surface area contributed by atoms with Gasteiger partial charge in [0.25, 0.3) is 0 Å². The lowest BCUT2D eigenvalue weighted by atomic mass is 9.77. The Kier molecular flexibility index (Phi) is 11.3. The largest absolute Gasteiger partial charge is 0.457 e. The van der Waals surface area contributed by atoms with E-state index in [9.17, 15) is 0 Å². The van der Waals surface area contributed by atoms with Gasteiger partial charge in [0.2, 0.25) is 0 Å². The number of nitrogens with one attached hydrogen (secondary N) is 2. The maximum atomic E-state index is 6.85. The van der Waals surface area contributed by atoms with Crippen LogP contribution in [-0.4, -0.2) is 14.1 Å². The van der Waals surface area contributed by atoms with E-state index in [2.05, 4.69) is 249 Å². The average Bonchev–Trinajstić information content (AvgIpc) is 3.80. The minimum atomic E-state index is -0.0890. The number of para-hydroxylation sites is 2. The SMILES string of the molecule is Cn1c2cccc3c2c2c1cc(Oc1cccc(Nc4ccccc4Nc4c(-c5ccccc5)cc(C(C)(C)C)cc4-c4cc(C(C)(C)C)cc(C(C)(C)C)c4)c1)cc2n3-c1cc(C(C)(C)C)ccn1. The predicted molar refractivity (Wildman–Crippen MR) is 298 cm³/mol. The number of ether oxygens (including phenoxy) is 1. The van der Waals surface area contributed by atoms with Crippen molar-refractivity contribution in [1.82, 2.24) is 14.1 Å². The summed E-state index contributed by atoms with van der Waals surface area (Å²) in [6, 6.07) is 54.8. The molecule has 10 aromatic rings. The molecule has 6 nitrogen and oxygen atoms in total. The number of hydrogen-bond acceptors (Lipinski definition) is 4. The van der Waals surface area contributed by atoms with E-state index in [1.165, 1.54) is 49.7 Å². The highest BCUT2D eigenvalue weighted by Crippen LogP contribution is 2.47. The number of rotatable bonds is 9. The molecule has 3 aromatic heterocycles. The van der Waals surface area contributed by atoms with Gasteiger partial charge in [-0.05, 0) is 116 Å². The van der Waals surface area contributed by atoms with Gasteiger partial charge in [-0.25, -0.2) is 4.98 Å². The zero-order chi connectivity index (χ0) is 49.5. The Hall–Kier alpha value is -7.31. The number of nitrogens with zero attached hydrogens (tertiary/aromatic N) is 3. The molecule has 6 heteroatoms. The van der Waals surface area contributed by atoms with Gasteiger partial charge in [0, 0.05) is 59.0 Å². The first-order valence-corrected chi connectivity index (χ1v) is 24.7. The van der Waals surface area contributed by atoms with Crippen molar-refractivity contribution >= 4 is 55.6 Å². The van der Waals surface area contributed by atoms with E-state index < -0.39 is 0 Å². The van der Waals surface area contributed by atoms with Crippen molar-refractivity contribution in [3.63, 3.8) is 0 Å². The van der Waals surface area contributed by atoms with Crippen LogP contribution < -0.4 is 15.4 Å². The predicted octanol–water partition coefficient (Wildman–Crippen LogP) is 17.9. The Morgan fingerprint density at radius 2 is 0.986 bits per heavy atom. The molecule has 0 aliphatic rings. The molecule has 0 aliphatic carbocycles. The molecular weight excluding hydrogens is 855 g/mol. The van der Waals surface area contributed by atoms with Crippen LogP contribution in [0.2, 0.25) is 0 Å². The summed E-state index contributed by atoms with van der Waals surface area (Å²) in [5, 5.41) is 10.3. The molecule has 0 unspecified atom stereocenters. The van der Waals surface area contributed by atoms with Gasteiger partial charge < -0.3 is 19.9 Å². The van der Waals surface area contributed by atoms with Gasteiger partial charge >= 0.3 is 0 Å². The van der Waals surface area contributed by atoms with Gasteiger partial charge in [0.1, 0.15) is 17.3 Å². The fraction of sp³-hybridized carbons (Fsp3) is 0.266. The zero-order valence-corrected chi connectivity index (χ0v) is 43.3. The molecule has 0 fully saturated rings. The van der Waals surface area contributed by atoms with Crippen LogP contribution in [0.4, 0.5) is 22.7 Å². The third kappa shape index (κ3) is 8.70.